The zero-order valence-electron chi connectivity index (χ0n) is 16.4. The fourth-order valence-electron chi connectivity index (χ4n) is 3.33. The summed E-state index contributed by atoms with van der Waals surface area (Å²) in [7, 11) is 1.54. The lowest BCUT2D eigenvalue weighted by atomic mass is 10.2. The lowest BCUT2D eigenvalue weighted by molar-refractivity contribution is -0.385. The van der Waals surface area contributed by atoms with E-state index in [9.17, 15) is 14.9 Å². The molecule has 1 aliphatic rings. The molecule has 1 saturated heterocycles. The van der Waals surface area contributed by atoms with Crippen LogP contribution in [0.15, 0.2) is 71.8 Å². The average Bonchev–Trinajstić information content (AvgIpc) is 3.31. The molecule has 1 aliphatic heterocycles. The summed E-state index contributed by atoms with van der Waals surface area (Å²) in [5.41, 5.74) is 1.98. The number of thioether (sulfide) groups is 1. The van der Waals surface area contributed by atoms with E-state index >= 15 is 0 Å². The van der Waals surface area contributed by atoms with E-state index in [0.29, 0.717) is 32.8 Å². The number of hydrogen-bond acceptors (Lipinski definition) is 6. The molecule has 0 atom stereocenters. The second kappa shape index (κ2) is 8.75. The Kier molecular flexibility index (Phi) is 5.88. The Balaban J connectivity index is 1.64. The smallest absolute Gasteiger partial charge is 0.274 e. The number of amides is 1. The number of para-hydroxylation sites is 3. The quantitative estimate of drug-likeness (QED) is 0.231. The number of nitrogens with zero attached hydrogens (tertiary/aromatic N) is 3. The van der Waals surface area contributed by atoms with E-state index in [1.165, 1.54) is 22.7 Å². The van der Waals surface area contributed by atoms with Gasteiger partial charge in [0.1, 0.15) is 5.75 Å². The average molecular weight is 452 g/mol. The maximum Gasteiger partial charge on any atom is 0.274 e. The van der Waals surface area contributed by atoms with E-state index in [4.69, 9.17) is 17.0 Å². The third-order valence-corrected chi connectivity index (χ3v) is 6.09. The number of thiocarbonyl (C=S) groups is 1. The molecule has 0 spiro atoms. The van der Waals surface area contributed by atoms with Gasteiger partial charge in [0.05, 0.1) is 29.2 Å². The number of anilines is 1. The summed E-state index contributed by atoms with van der Waals surface area (Å²) in [6, 6.07) is 17.5. The zero-order valence-corrected chi connectivity index (χ0v) is 18.1. The van der Waals surface area contributed by atoms with Crippen molar-refractivity contribution in [2.24, 2.45) is 0 Å². The van der Waals surface area contributed by atoms with Crippen LogP contribution in [0.2, 0.25) is 0 Å². The third-order valence-electron chi connectivity index (χ3n) is 4.79. The summed E-state index contributed by atoms with van der Waals surface area (Å²) < 4.78 is 7.64. The SMILES string of the molecule is COc1ccccc1N1C(=O)/C(=C\c2cccn2Cc2ccccc2[N+](=O)[O-])SC1=S. The fourth-order valence-corrected chi connectivity index (χ4v) is 4.60. The molecular formula is C22H17N3O4S2. The molecule has 0 radical (unpaired) electrons. The highest BCUT2D eigenvalue weighted by Crippen LogP contribution is 2.39. The van der Waals surface area contributed by atoms with Gasteiger partial charge >= 0.3 is 0 Å². The van der Waals surface area contributed by atoms with Crippen LogP contribution in [0.3, 0.4) is 0 Å². The Morgan fingerprint density at radius 3 is 2.65 bits per heavy atom. The highest BCUT2D eigenvalue weighted by atomic mass is 32.2. The Labute approximate surface area is 188 Å². The standard InChI is InChI=1S/C22H17N3O4S2/c1-29-19-11-5-4-10-18(19)24-21(26)20(31-22(24)30)13-16-8-6-12-23(16)14-15-7-2-3-9-17(15)25(27)28/h2-13H,14H2,1H3/b20-13+. The van der Waals surface area contributed by atoms with Crippen LogP contribution in [0.25, 0.3) is 6.08 Å². The van der Waals surface area contributed by atoms with Crippen molar-refractivity contribution in [1.82, 2.24) is 4.57 Å². The predicted octanol–water partition coefficient (Wildman–Crippen LogP) is 4.86. The van der Waals surface area contributed by atoms with Crippen molar-refractivity contribution in [1.29, 1.82) is 0 Å². The molecule has 1 amide bonds. The van der Waals surface area contributed by atoms with Crippen molar-refractivity contribution in [2.45, 2.75) is 6.54 Å². The van der Waals surface area contributed by atoms with Crippen LogP contribution in [-0.4, -0.2) is 26.8 Å². The molecule has 156 valence electrons. The second-order valence-corrected chi connectivity index (χ2v) is 8.31. The van der Waals surface area contributed by atoms with E-state index in [0.717, 1.165) is 5.69 Å². The zero-order chi connectivity index (χ0) is 22.0. The number of nitro groups is 1. The molecule has 0 N–H and O–H groups in total. The normalized spacial score (nSPS) is 15.0. The Bertz CT molecular complexity index is 1220. The minimum absolute atomic E-state index is 0.0599. The van der Waals surface area contributed by atoms with E-state index in [2.05, 4.69) is 0 Å². The van der Waals surface area contributed by atoms with Gasteiger partial charge in [-0.05, 0) is 30.3 Å². The summed E-state index contributed by atoms with van der Waals surface area (Å²) >= 11 is 6.66. The minimum Gasteiger partial charge on any atom is -0.495 e. The van der Waals surface area contributed by atoms with Crippen LogP contribution in [-0.2, 0) is 11.3 Å². The lowest BCUT2D eigenvalue weighted by Crippen LogP contribution is -2.27. The highest BCUT2D eigenvalue weighted by Gasteiger charge is 2.35. The van der Waals surface area contributed by atoms with Crippen LogP contribution >= 0.6 is 24.0 Å². The predicted molar refractivity (Wildman–Crippen MR) is 125 cm³/mol. The molecule has 0 saturated carbocycles. The number of methoxy groups -OCH3 is 1. The first-order chi connectivity index (χ1) is 15.0. The van der Waals surface area contributed by atoms with Gasteiger partial charge in [-0.2, -0.15) is 0 Å². The minimum atomic E-state index is -0.392. The van der Waals surface area contributed by atoms with Crippen LogP contribution in [0, 0.1) is 10.1 Å². The van der Waals surface area contributed by atoms with E-state index in [1.54, 1.807) is 43.5 Å². The molecule has 0 unspecified atom stereocenters. The summed E-state index contributed by atoms with van der Waals surface area (Å²) in [6.45, 7) is 0.308. The molecule has 1 fully saturated rings. The summed E-state index contributed by atoms with van der Waals surface area (Å²) in [4.78, 5) is 26.0. The second-order valence-electron chi connectivity index (χ2n) is 6.64. The first kappa shape index (κ1) is 20.8. The van der Waals surface area contributed by atoms with E-state index in [1.807, 2.05) is 35.0 Å². The van der Waals surface area contributed by atoms with Gasteiger partial charge in [-0.3, -0.25) is 19.8 Å². The van der Waals surface area contributed by atoms with Crippen molar-refractivity contribution < 1.29 is 14.5 Å². The van der Waals surface area contributed by atoms with Gasteiger partial charge in [0, 0.05) is 23.5 Å². The molecule has 0 aliphatic carbocycles. The number of carbonyl (C=O) groups excluding carboxylic acids is 1. The molecule has 7 nitrogen and oxygen atoms in total. The van der Waals surface area contributed by atoms with Crippen LogP contribution in [0.4, 0.5) is 11.4 Å². The van der Waals surface area contributed by atoms with E-state index in [-0.39, 0.29) is 11.6 Å². The number of hydrogen-bond donors (Lipinski definition) is 0. The van der Waals surface area contributed by atoms with Crippen LogP contribution < -0.4 is 9.64 Å². The number of nitro benzene ring substituents is 1. The van der Waals surface area contributed by atoms with Gasteiger partial charge in [-0.25, -0.2) is 0 Å². The first-order valence-corrected chi connectivity index (χ1v) is 10.5. The third kappa shape index (κ3) is 4.10. The summed E-state index contributed by atoms with van der Waals surface area (Å²) in [5.74, 6) is 0.317. The number of rotatable bonds is 6. The van der Waals surface area contributed by atoms with Crippen LogP contribution in [0.1, 0.15) is 11.3 Å². The Hall–Kier alpha value is -3.43. The molecule has 0 bridgehead atoms. The Morgan fingerprint density at radius 2 is 1.87 bits per heavy atom. The highest BCUT2D eigenvalue weighted by molar-refractivity contribution is 8.27. The Morgan fingerprint density at radius 1 is 1.13 bits per heavy atom. The largest absolute Gasteiger partial charge is 0.495 e. The first-order valence-electron chi connectivity index (χ1n) is 9.28. The topological polar surface area (TPSA) is 77.6 Å². The lowest BCUT2D eigenvalue weighted by Gasteiger charge is -2.17. The number of benzene rings is 2. The van der Waals surface area contributed by atoms with Crippen molar-refractivity contribution in [3.63, 3.8) is 0 Å². The molecule has 9 heteroatoms. The number of carbonyl (C=O) groups is 1. The van der Waals surface area contributed by atoms with Gasteiger partial charge in [0.25, 0.3) is 11.6 Å². The molecule has 2 aromatic carbocycles. The molecule has 1 aromatic heterocycles. The summed E-state index contributed by atoms with van der Waals surface area (Å²) in [6.07, 6.45) is 3.58. The maximum atomic E-state index is 13.1. The van der Waals surface area contributed by atoms with Crippen molar-refractivity contribution in [3.8, 4) is 5.75 Å². The van der Waals surface area contributed by atoms with E-state index < -0.39 is 4.92 Å². The van der Waals surface area contributed by atoms with Gasteiger partial charge in [0.15, 0.2) is 4.32 Å². The maximum absolute atomic E-state index is 13.1. The van der Waals surface area contributed by atoms with Crippen molar-refractivity contribution in [2.75, 3.05) is 12.0 Å². The van der Waals surface area contributed by atoms with Crippen molar-refractivity contribution >= 4 is 51.7 Å². The molecule has 2 heterocycles. The molecule has 4 rings (SSSR count). The number of ether oxygens (including phenoxy) is 1. The monoisotopic (exact) mass is 451 g/mol. The summed E-state index contributed by atoms with van der Waals surface area (Å²) in [5, 5.41) is 11.3. The van der Waals surface area contributed by atoms with Gasteiger partial charge < -0.3 is 9.30 Å². The van der Waals surface area contributed by atoms with Gasteiger partial charge in [0.2, 0.25) is 0 Å². The fraction of sp³-hybridized carbons (Fsp3) is 0.0909. The molecular weight excluding hydrogens is 434 g/mol. The van der Waals surface area contributed by atoms with Crippen LogP contribution in [0.5, 0.6) is 5.75 Å². The van der Waals surface area contributed by atoms with Gasteiger partial charge in [-0.15, -0.1) is 0 Å². The molecule has 31 heavy (non-hydrogen) atoms. The number of aromatic nitrogens is 1. The molecule has 3 aromatic rings. The van der Waals surface area contributed by atoms with Gasteiger partial charge in [-0.1, -0.05) is 54.3 Å². The van der Waals surface area contributed by atoms with Crippen molar-refractivity contribution in [3.05, 3.63) is 93.1 Å².